The molecule has 0 aliphatic heterocycles. The van der Waals surface area contributed by atoms with E-state index in [0.29, 0.717) is 0 Å². The highest BCUT2D eigenvalue weighted by atomic mass is 32.1. The summed E-state index contributed by atoms with van der Waals surface area (Å²) in [4.78, 5) is 5.58. The fourth-order valence-corrected chi connectivity index (χ4v) is 5.71. The fourth-order valence-electron chi connectivity index (χ4n) is 4.94. The molecular weight excluding hydrogens is 559 g/mol. The van der Waals surface area contributed by atoms with Crippen molar-refractivity contribution in [3.8, 4) is 35.2 Å². The van der Waals surface area contributed by atoms with Crippen LogP contribution in [0.25, 0.3) is 0 Å². The normalized spacial score (nSPS) is 10.5. The molecule has 0 aliphatic carbocycles. The Morgan fingerprint density at radius 2 is 0.932 bits per heavy atom. The average Bonchev–Trinajstić information content (AvgIpc) is 3.41. The maximum Gasteiger partial charge on any atom is 0.168 e. The van der Waals surface area contributed by atoms with Crippen LogP contribution in [0.15, 0.2) is 48.5 Å². The highest BCUT2D eigenvalue weighted by molar-refractivity contribution is 7.12. The lowest BCUT2D eigenvalue weighted by molar-refractivity contribution is 0.304. The number of aromatic nitrogens is 1. The molecule has 2 aromatic carbocycles. The first-order valence-electron chi connectivity index (χ1n) is 17.1. The van der Waals surface area contributed by atoms with Gasteiger partial charge in [0, 0.05) is 11.1 Å². The standard InChI is InChI=1S/C40H53NO2S/c1-4-6-8-10-12-14-16-18-32-42-37-26-20-35(21-27-37)24-30-39-34(3)41-40(44-39)31-25-36-22-28-38(29-23-36)43-33-19-17-15-13-11-9-7-5-2/h20-23,26-29H,4-19,32-33H2,1-3H3. The monoisotopic (exact) mass is 611 g/mol. The molecule has 0 spiro atoms. The molecule has 0 bridgehead atoms. The molecule has 0 radical (unpaired) electrons. The lowest BCUT2D eigenvalue weighted by Gasteiger charge is -2.06. The number of hydrogen-bond donors (Lipinski definition) is 0. The Morgan fingerprint density at radius 3 is 1.39 bits per heavy atom. The van der Waals surface area contributed by atoms with Gasteiger partial charge in [0.25, 0.3) is 0 Å². The van der Waals surface area contributed by atoms with Crippen molar-refractivity contribution >= 4 is 11.3 Å². The molecule has 0 fully saturated rings. The van der Waals surface area contributed by atoms with Crippen LogP contribution in [0.4, 0.5) is 0 Å². The summed E-state index contributed by atoms with van der Waals surface area (Å²) in [5.74, 6) is 14.8. The van der Waals surface area contributed by atoms with E-state index in [1.165, 1.54) is 89.9 Å². The molecule has 0 saturated carbocycles. The van der Waals surface area contributed by atoms with Crippen LogP contribution in [0.2, 0.25) is 0 Å². The minimum Gasteiger partial charge on any atom is -0.494 e. The molecule has 0 N–H and O–H groups in total. The summed E-state index contributed by atoms with van der Waals surface area (Å²) in [5.41, 5.74) is 2.84. The number of nitrogens with zero attached hydrogens (tertiary/aromatic N) is 1. The summed E-state index contributed by atoms with van der Waals surface area (Å²) >= 11 is 1.54. The van der Waals surface area contributed by atoms with Crippen molar-refractivity contribution in [1.82, 2.24) is 4.98 Å². The fraction of sp³-hybridized carbons (Fsp3) is 0.525. The van der Waals surface area contributed by atoms with Crippen LogP contribution >= 0.6 is 11.3 Å². The quantitative estimate of drug-likeness (QED) is 0.0941. The molecule has 3 aromatic rings. The van der Waals surface area contributed by atoms with Gasteiger partial charge in [0.15, 0.2) is 5.01 Å². The summed E-state index contributed by atoms with van der Waals surface area (Å²) in [5, 5.41) is 0.784. The van der Waals surface area contributed by atoms with E-state index in [1.807, 2.05) is 55.5 Å². The molecule has 3 nitrogen and oxygen atoms in total. The van der Waals surface area contributed by atoms with E-state index in [2.05, 4.69) is 42.5 Å². The van der Waals surface area contributed by atoms with Crippen LogP contribution in [0.3, 0.4) is 0 Å². The molecular formula is C40H53NO2S. The number of thiazole rings is 1. The van der Waals surface area contributed by atoms with Crippen LogP contribution in [-0.4, -0.2) is 18.2 Å². The predicted molar refractivity (Wildman–Crippen MR) is 188 cm³/mol. The summed E-state index contributed by atoms with van der Waals surface area (Å²) < 4.78 is 11.8. The third-order valence-corrected chi connectivity index (χ3v) is 8.66. The Labute approximate surface area is 272 Å². The van der Waals surface area contributed by atoms with E-state index >= 15 is 0 Å². The van der Waals surface area contributed by atoms with E-state index in [1.54, 1.807) is 11.3 Å². The van der Waals surface area contributed by atoms with Gasteiger partial charge in [0.1, 0.15) is 16.4 Å². The van der Waals surface area contributed by atoms with Gasteiger partial charge in [-0.2, -0.15) is 0 Å². The number of rotatable bonds is 20. The van der Waals surface area contributed by atoms with Crippen molar-refractivity contribution in [2.45, 2.75) is 124 Å². The van der Waals surface area contributed by atoms with Crippen molar-refractivity contribution in [3.63, 3.8) is 0 Å². The van der Waals surface area contributed by atoms with E-state index in [0.717, 1.165) is 64.3 Å². The van der Waals surface area contributed by atoms with Gasteiger partial charge < -0.3 is 9.47 Å². The second-order valence-corrected chi connectivity index (χ2v) is 12.6. The third kappa shape index (κ3) is 15.0. The molecule has 44 heavy (non-hydrogen) atoms. The molecule has 0 amide bonds. The first kappa shape index (κ1) is 35.3. The van der Waals surface area contributed by atoms with E-state index in [-0.39, 0.29) is 0 Å². The molecule has 236 valence electrons. The number of benzene rings is 2. The minimum atomic E-state index is 0.777. The lowest BCUT2D eigenvalue weighted by atomic mass is 10.1. The highest BCUT2D eigenvalue weighted by Crippen LogP contribution is 2.18. The van der Waals surface area contributed by atoms with Gasteiger partial charge in [-0.1, -0.05) is 127 Å². The molecule has 1 aromatic heterocycles. The van der Waals surface area contributed by atoms with Crippen molar-refractivity contribution in [1.29, 1.82) is 0 Å². The number of ether oxygens (including phenoxy) is 2. The largest absolute Gasteiger partial charge is 0.494 e. The number of unbranched alkanes of at least 4 members (excludes halogenated alkanes) is 14. The Balaban J connectivity index is 1.37. The Bertz CT molecular complexity index is 1300. The van der Waals surface area contributed by atoms with E-state index < -0.39 is 0 Å². The zero-order valence-electron chi connectivity index (χ0n) is 27.5. The Hall–Kier alpha value is -3.21. The molecule has 0 saturated heterocycles. The van der Waals surface area contributed by atoms with Crippen LogP contribution in [0, 0.1) is 30.6 Å². The summed E-state index contributed by atoms with van der Waals surface area (Å²) in [7, 11) is 0. The summed E-state index contributed by atoms with van der Waals surface area (Å²) in [6.07, 6.45) is 20.9. The molecule has 0 atom stereocenters. The van der Waals surface area contributed by atoms with Crippen molar-refractivity contribution in [2.75, 3.05) is 13.2 Å². The van der Waals surface area contributed by atoms with Crippen LogP contribution in [0.5, 0.6) is 11.5 Å². The van der Waals surface area contributed by atoms with E-state index in [4.69, 9.17) is 9.47 Å². The molecule has 1 heterocycles. The number of aryl methyl sites for hydroxylation is 1. The Morgan fingerprint density at radius 1 is 0.523 bits per heavy atom. The first-order chi connectivity index (χ1) is 21.7. The van der Waals surface area contributed by atoms with Gasteiger partial charge in [-0.05, 0) is 80.1 Å². The maximum atomic E-state index is 5.93. The maximum absolute atomic E-state index is 5.93. The van der Waals surface area contributed by atoms with Crippen molar-refractivity contribution < 1.29 is 9.47 Å². The second-order valence-electron chi connectivity index (χ2n) is 11.6. The average molecular weight is 612 g/mol. The van der Waals surface area contributed by atoms with Gasteiger partial charge in [0.2, 0.25) is 0 Å². The van der Waals surface area contributed by atoms with Crippen LogP contribution in [0.1, 0.15) is 143 Å². The third-order valence-electron chi connectivity index (χ3n) is 7.67. The summed E-state index contributed by atoms with van der Waals surface area (Å²) in [6, 6.07) is 16.1. The van der Waals surface area contributed by atoms with Crippen LogP contribution in [-0.2, 0) is 0 Å². The smallest absolute Gasteiger partial charge is 0.168 e. The SMILES string of the molecule is CCCCCCCCCCOc1ccc(C#Cc2nc(C)c(C#Cc3ccc(OCCCCCCCCCC)cc3)s2)cc1. The van der Waals surface area contributed by atoms with Gasteiger partial charge in [-0.15, -0.1) is 0 Å². The second kappa shape index (κ2) is 22.3. The topological polar surface area (TPSA) is 31.4 Å². The van der Waals surface area contributed by atoms with Crippen molar-refractivity contribution in [2.24, 2.45) is 0 Å². The molecule has 0 unspecified atom stereocenters. The van der Waals surface area contributed by atoms with Gasteiger partial charge in [-0.3, -0.25) is 0 Å². The van der Waals surface area contributed by atoms with Crippen molar-refractivity contribution in [3.05, 3.63) is 75.2 Å². The lowest BCUT2D eigenvalue weighted by Crippen LogP contribution is -1.97. The number of hydrogen-bond acceptors (Lipinski definition) is 4. The van der Waals surface area contributed by atoms with Gasteiger partial charge >= 0.3 is 0 Å². The molecule has 3 rings (SSSR count). The van der Waals surface area contributed by atoms with E-state index in [9.17, 15) is 0 Å². The zero-order valence-corrected chi connectivity index (χ0v) is 28.3. The minimum absolute atomic E-state index is 0.777. The predicted octanol–water partition coefficient (Wildman–Crippen LogP) is 11.3. The van der Waals surface area contributed by atoms with Gasteiger partial charge in [-0.25, -0.2) is 4.98 Å². The highest BCUT2D eigenvalue weighted by Gasteiger charge is 2.04. The summed E-state index contributed by atoms with van der Waals surface area (Å²) in [6.45, 7) is 8.08. The van der Waals surface area contributed by atoms with Crippen LogP contribution < -0.4 is 9.47 Å². The zero-order chi connectivity index (χ0) is 31.1. The first-order valence-corrected chi connectivity index (χ1v) is 18.0. The van der Waals surface area contributed by atoms with Gasteiger partial charge in [0.05, 0.1) is 18.9 Å². The molecule has 0 aliphatic rings. The Kier molecular flexibility index (Phi) is 17.9. The molecule has 4 heteroatoms.